The third-order valence-electron chi connectivity index (χ3n) is 3.91. The molecular weight excluding hydrogens is 389 g/mol. The monoisotopic (exact) mass is 407 g/mol. The van der Waals surface area contributed by atoms with E-state index in [4.69, 9.17) is 23.2 Å². The number of aliphatic hydroxyl groups is 1. The molecule has 0 spiro atoms. The molecule has 0 aliphatic rings. The molecule has 24 heavy (non-hydrogen) atoms. The van der Waals surface area contributed by atoms with Gasteiger partial charge in [0, 0.05) is 5.02 Å². The number of benzene rings is 1. The largest absolute Gasteiger partial charge is 0.387 e. The normalized spacial score (nSPS) is 15.9. The quantitative estimate of drug-likeness (QED) is 0.710. The Bertz CT molecular complexity index is 775. The van der Waals surface area contributed by atoms with Crippen molar-refractivity contribution in [1.82, 2.24) is 4.72 Å². The van der Waals surface area contributed by atoms with E-state index in [2.05, 4.69) is 4.72 Å². The molecule has 2 N–H and O–H groups in total. The molecule has 0 saturated heterocycles. The number of sulfonamides is 1. The van der Waals surface area contributed by atoms with Gasteiger partial charge in [-0.3, -0.25) is 0 Å². The Morgan fingerprint density at radius 1 is 1.17 bits per heavy atom. The van der Waals surface area contributed by atoms with Crippen LogP contribution in [0.5, 0.6) is 0 Å². The van der Waals surface area contributed by atoms with Crippen LogP contribution in [0.4, 0.5) is 0 Å². The SMILES string of the molecule is CCC(C)[C@H](NS(=O)(=O)c1ccc(Cl)s1)C(O)c1ccc(Cl)cc1. The highest BCUT2D eigenvalue weighted by atomic mass is 35.5. The van der Waals surface area contributed by atoms with Crippen molar-refractivity contribution in [2.75, 3.05) is 0 Å². The highest BCUT2D eigenvalue weighted by Gasteiger charge is 2.31. The topological polar surface area (TPSA) is 66.4 Å². The molecule has 1 aromatic heterocycles. The van der Waals surface area contributed by atoms with Crippen LogP contribution in [0, 0.1) is 5.92 Å². The first-order valence-corrected chi connectivity index (χ1v) is 10.5. The highest BCUT2D eigenvalue weighted by molar-refractivity contribution is 7.91. The lowest BCUT2D eigenvalue weighted by Gasteiger charge is -2.29. The Kier molecular flexibility index (Phi) is 6.70. The summed E-state index contributed by atoms with van der Waals surface area (Å²) in [5.74, 6) is -0.0686. The van der Waals surface area contributed by atoms with Crippen LogP contribution in [0.25, 0.3) is 0 Å². The first-order valence-electron chi connectivity index (χ1n) is 7.45. The first kappa shape index (κ1) is 19.7. The zero-order chi connectivity index (χ0) is 17.9. The molecule has 0 fully saturated rings. The van der Waals surface area contributed by atoms with Crippen molar-refractivity contribution >= 4 is 44.6 Å². The van der Waals surface area contributed by atoms with Crippen molar-refractivity contribution in [2.24, 2.45) is 5.92 Å². The van der Waals surface area contributed by atoms with Gasteiger partial charge in [0.25, 0.3) is 0 Å². The number of hydrogen-bond acceptors (Lipinski definition) is 4. The third-order valence-corrected chi connectivity index (χ3v) is 7.35. The summed E-state index contributed by atoms with van der Waals surface area (Å²) >= 11 is 12.7. The van der Waals surface area contributed by atoms with Gasteiger partial charge in [-0.05, 0) is 35.7 Å². The summed E-state index contributed by atoms with van der Waals surface area (Å²) < 4.78 is 28.3. The van der Waals surface area contributed by atoms with Crippen molar-refractivity contribution in [3.05, 3.63) is 51.3 Å². The maximum atomic E-state index is 12.6. The van der Waals surface area contributed by atoms with Gasteiger partial charge in [-0.25, -0.2) is 13.1 Å². The van der Waals surface area contributed by atoms with E-state index in [0.717, 1.165) is 11.3 Å². The minimum Gasteiger partial charge on any atom is -0.387 e. The van der Waals surface area contributed by atoms with Gasteiger partial charge in [0.15, 0.2) is 0 Å². The smallest absolute Gasteiger partial charge is 0.250 e. The Morgan fingerprint density at radius 3 is 2.29 bits per heavy atom. The van der Waals surface area contributed by atoms with Crippen molar-refractivity contribution in [1.29, 1.82) is 0 Å². The van der Waals surface area contributed by atoms with Crippen LogP contribution in [0.15, 0.2) is 40.6 Å². The highest BCUT2D eigenvalue weighted by Crippen LogP contribution is 2.29. The molecule has 2 aromatic rings. The van der Waals surface area contributed by atoms with Crippen molar-refractivity contribution in [2.45, 2.75) is 36.6 Å². The number of nitrogens with one attached hydrogen (secondary N) is 1. The molecule has 3 atom stereocenters. The van der Waals surface area contributed by atoms with Crippen molar-refractivity contribution < 1.29 is 13.5 Å². The molecule has 1 aromatic carbocycles. The van der Waals surface area contributed by atoms with E-state index in [9.17, 15) is 13.5 Å². The zero-order valence-corrected chi connectivity index (χ0v) is 16.4. The second kappa shape index (κ2) is 8.17. The molecule has 8 heteroatoms. The summed E-state index contributed by atoms with van der Waals surface area (Å²) in [4.78, 5) is 0. The van der Waals surface area contributed by atoms with Crippen molar-refractivity contribution in [3.63, 3.8) is 0 Å². The standard InChI is InChI=1S/C16H19Cl2NO3S2/c1-3-10(2)15(16(20)11-4-6-12(17)7-5-11)19-24(21,22)14-9-8-13(18)23-14/h4-10,15-16,19-20H,3H2,1-2H3/t10?,15-,16?/m0/s1. The van der Waals surface area contributed by atoms with Crippen LogP contribution < -0.4 is 4.72 Å². The Labute approximate surface area is 156 Å². The lowest BCUT2D eigenvalue weighted by Crippen LogP contribution is -2.43. The van der Waals surface area contributed by atoms with Gasteiger partial charge < -0.3 is 5.11 Å². The van der Waals surface area contributed by atoms with E-state index in [0.29, 0.717) is 21.3 Å². The summed E-state index contributed by atoms with van der Waals surface area (Å²) in [5, 5.41) is 11.3. The third kappa shape index (κ3) is 4.71. The van der Waals surface area contributed by atoms with Crippen LogP contribution >= 0.6 is 34.5 Å². The fourth-order valence-corrected chi connectivity index (χ4v) is 5.27. The summed E-state index contributed by atoms with van der Waals surface area (Å²) in [6.07, 6.45) is -0.273. The molecule has 0 bridgehead atoms. The summed E-state index contributed by atoms with van der Waals surface area (Å²) in [6.45, 7) is 3.84. The van der Waals surface area contributed by atoms with Crippen LogP contribution in [0.2, 0.25) is 9.36 Å². The molecule has 0 saturated carbocycles. The molecular formula is C16H19Cl2NO3S2. The molecule has 0 amide bonds. The van der Waals surface area contributed by atoms with Crippen LogP contribution in [0.1, 0.15) is 31.9 Å². The van der Waals surface area contributed by atoms with Gasteiger partial charge >= 0.3 is 0 Å². The Hall–Kier alpha value is -0.630. The molecule has 2 unspecified atom stereocenters. The molecule has 4 nitrogen and oxygen atoms in total. The van der Waals surface area contributed by atoms with E-state index >= 15 is 0 Å². The summed E-state index contributed by atoms with van der Waals surface area (Å²) in [5.41, 5.74) is 0.608. The van der Waals surface area contributed by atoms with Crippen LogP contribution in [-0.2, 0) is 10.0 Å². The minimum atomic E-state index is -3.76. The van der Waals surface area contributed by atoms with Gasteiger partial charge in [0.2, 0.25) is 10.0 Å². The molecule has 0 aliphatic heterocycles. The van der Waals surface area contributed by atoms with E-state index in [1.165, 1.54) is 12.1 Å². The Morgan fingerprint density at radius 2 is 1.79 bits per heavy atom. The van der Waals surface area contributed by atoms with E-state index in [1.54, 1.807) is 24.3 Å². The van der Waals surface area contributed by atoms with Gasteiger partial charge in [-0.2, -0.15) is 0 Å². The van der Waals surface area contributed by atoms with E-state index in [1.807, 2.05) is 13.8 Å². The number of halogens is 2. The molecule has 2 rings (SSSR count). The average Bonchev–Trinajstić information content (AvgIpc) is 2.99. The van der Waals surface area contributed by atoms with Gasteiger partial charge in [0.05, 0.1) is 16.5 Å². The minimum absolute atomic E-state index is 0.0686. The zero-order valence-electron chi connectivity index (χ0n) is 13.2. The molecule has 1 heterocycles. The first-order chi connectivity index (χ1) is 11.2. The van der Waals surface area contributed by atoms with Gasteiger partial charge in [0.1, 0.15) is 4.21 Å². The lowest BCUT2D eigenvalue weighted by atomic mass is 9.91. The summed E-state index contributed by atoms with van der Waals surface area (Å²) in [7, 11) is -3.76. The molecule has 0 radical (unpaired) electrons. The lowest BCUT2D eigenvalue weighted by molar-refractivity contribution is 0.112. The number of thiophene rings is 1. The van der Waals surface area contributed by atoms with Gasteiger partial charge in [-0.15, -0.1) is 11.3 Å². The number of hydrogen-bond donors (Lipinski definition) is 2. The summed E-state index contributed by atoms with van der Waals surface area (Å²) in [6, 6.07) is 9.05. The second-order valence-corrected chi connectivity index (χ2v) is 9.68. The predicted molar refractivity (Wildman–Crippen MR) is 99.3 cm³/mol. The van der Waals surface area contributed by atoms with E-state index < -0.39 is 22.2 Å². The average molecular weight is 408 g/mol. The molecule has 0 aliphatic carbocycles. The predicted octanol–water partition coefficient (Wildman–Crippen LogP) is 4.48. The van der Waals surface area contributed by atoms with Gasteiger partial charge in [-0.1, -0.05) is 55.6 Å². The maximum absolute atomic E-state index is 12.6. The Balaban J connectivity index is 2.30. The van der Waals surface area contributed by atoms with E-state index in [-0.39, 0.29) is 10.1 Å². The number of rotatable bonds is 7. The fourth-order valence-electron chi connectivity index (χ4n) is 2.29. The van der Waals surface area contributed by atoms with Crippen LogP contribution in [0.3, 0.4) is 0 Å². The van der Waals surface area contributed by atoms with Crippen LogP contribution in [-0.4, -0.2) is 19.6 Å². The second-order valence-electron chi connectivity index (χ2n) is 5.59. The fraction of sp³-hybridized carbons (Fsp3) is 0.375. The van der Waals surface area contributed by atoms with Crippen molar-refractivity contribution in [3.8, 4) is 0 Å². The maximum Gasteiger partial charge on any atom is 0.250 e. The number of aliphatic hydroxyl groups excluding tert-OH is 1. The molecule has 132 valence electrons.